The highest BCUT2D eigenvalue weighted by Gasteiger charge is 2.22. The fourth-order valence-electron chi connectivity index (χ4n) is 2.20. The molecule has 5 heteroatoms. The number of fused-ring (bicyclic) bond motifs is 1. The molecule has 1 aromatic carbocycles. The van der Waals surface area contributed by atoms with Gasteiger partial charge in [-0.25, -0.2) is 0 Å². The highest BCUT2D eigenvalue weighted by Crippen LogP contribution is 2.27. The van der Waals surface area contributed by atoms with E-state index in [4.69, 9.17) is 5.73 Å². The molecule has 0 radical (unpaired) electrons. The van der Waals surface area contributed by atoms with Gasteiger partial charge in [0.1, 0.15) is 0 Å². The minimum Gasteiger partial charge on any atom is -0.398 e. The number of rotatable bonds is 5. The number of aromatic nitrogens is 1. The Labute approximate surface area is 117 Å². The molecule has 104 valence electrons. The number of carbonyl (C=O) groups excluding carboxylic acids is 1. The Morgan fingerprint density at radius 1 is 1.30 bits per heavy atom. The summed E-state index contributed by atoms with van der Waals surface area (Å²) < 4.78 is 0. The minimum absolute atomic E-state index is 0.112. The smallest absolute Gasteiger partial charge is 0.221 e. The van der Waals surface area contributed by atoms with Crippen molar-refractivity contribution in [2.75, 3.05) is 17.6 Å². The Kier molecular flexibility index (Phi) is 3.41. The van der Waals surface area contributed by atoms with E-state index in [2.05, 4.69) is 15.6 Å². The molecule has 20 heavy (non-hydrogen) atoms. The number of nitrogens with one attached hydrogen (secondary N) is 2. The van der Waals surface area contributed by atoms with Crippen LogP contribution < -0.4 is 16.4 Å². The van der Waals surface area contributed by atoms with E-state index in [0.29, 0.717) is 24.7 Å². The lowest BCUT2D eigenvalue weighted by molar-refractivity contribution is -0.120. The number of benzene rings is 1. The van der Waals surface area contributed by atoms with Gasteiger partial charge < -0.3 is 16.4 Å². The van der Waals surface area contributed by atoms with Gasteiger partial charge in [-0.15, -0.1) is 0 Å². The molecule has 1 heterocycles. The van der Waals surface area contributed by atoms with Crippen molar-refractivity contribution in [3.63, 3.8) is 0 Å². The average molecular weight is 270 g/mol. The number of amides is 1. The number of anilines is 2. The summed E-state index contributed by atoms with van der Waals surface area (Å²) in [6.45, 7) is 0.611. The van der Waals surface area contributed by atoms with Gasteiger partial charge in [0.2, 0.25) is 5.91 Å². The Morgan fingerprint density at radius 2 is 2.15 bits per heavy atom. The van der Waals surface area contributed by atoms with Crippen LogP contribution in [0.2, 0.25) is 0 Å². The normalized spacial score (nSPS) is 14.2. The number of hydrogen-bond acceptors (Lipinski definition) is 4. The molecule has 0 unspecified atom stereocenters. The SMILES string of the molecule is Nc1ccc(NCCC(=O)NC2CC2)c2ccncc12. The predicted octanol–water partition coefficient (Wildman–Crippen LogP) is 1.90. The van der Waals surface area contributed by atoms with Crippen LogP contribution in [0.1, 0.15) is 19.3 Å². The van der Waals surface area contributed by atoms with Gasteiger partial charge >= 0.3 is 0 Å². The van der Waals surface area contributed by atoms with Crippen LogP contribution in [0.3, 0.4) is 0 Å². The first-order valence-corrected chi connectivity index (χ1v) is 6.89. The van der Waals surface area contributed by atoms with Crippen molar-refractivity contribution in [3.8, 4) is 0 Å². The van der Waals surface area contributed by atoms with E-state index >= 15 is 0 Å². The van der Waals surface area contributed by atoms with Crippen molar-refractivity contribution < 1.29 is 4.79 Å². The Balaban J connectivity index is 1.65. The third kappa shape index (κ3) is 2.82. The zero-order chi connectivity index (χ0) is 13.9. The maximum atomic E-state index is 11.6. The molecular formula is C15H18N4O. The molecule has 0 bridgehead atoms. The van der Waals surface area contributed by atoms with E-state index in [1.54, 1.807) is 12.4 Å². The van der Waals surface area contributed by atoms with Gasteiger partial charge in [-0.3, -0.25) is 9.78 Å². The van der Waals surface area contributed by atoms with E-state index in [-0.39, 0.29) is 5.91 Å². The predicted molar refractivity (Wildman–Crippen MR) is 80.4 cm³/mol. The number of nitrogen functional groups attached to an aromatic ring is 1. The van der Waals surface area contributed by atoms with Crippen LogP contribution in [0.15, 0.2) is 30.6 Å². The molecule has 1 amide bonds. The second kappa shape index (κ2) is 5.36. The van der Waals surface area contributed by atoms with Crippen molar-refractivity contribution in [3.05, 3.63) is 30.6 Å². The quantitative estimate of drug-likeness (QED) is 0.725. The van der Waals surface area contributed by atoms with Crippen LogP contribution in [0.25, 0.3) is 10.8 Å². The van der Waals surface area contributed by atoms with Crippen molar-refractivity contribution >= 4 is 28.1 Å². The van der Waals surface area contributed by atoms with Crippen LogP contribution in [0.5, 0.6) is 0 Å². The van der Waals surface area contributed by atoms with Crippen LogP contribution in [0, 0.1) is 0 Å². The van der Waals surface area contributed by atoms with Gasteiger partial charge in [-0.05, 0) is 31.0 Å². The molecule has 0 spiro atoms. The second-order valence-electron chi connectivity index (χ2n) is 5.14. The third-order valence-electron chi connectivity index (χ3n) is 3.46. The van der Waals surface area contributed by atoms with Crippen molar-refractivity contribution in [1.29, 1.82) is 0 Å². The average Bonchev–Trinajstić information content (AvgIpc) is 3.26. The van der Waals surface area contributed by atoms with Gasteiger partial charge in [0.15, 0.2) is 0 Å². The van der Waals surface area contributed by atoms with Crippen molar-refractivity contribution in [2.45, 2.75) is 25.3 Å². The first-order chi connectivity index (χ1) is 9.74. The number of nitrogens with zero attached hydrogens (tertiary/aromatic N) is 1. The number of pyridine rings is 1. The summed E-state index contributed by atoms with van der Waals surface area (Å²) in [6, 6.07) is 6.15. The van der Waals surface area contributed by atoms with E-state index in [0.717, 1.165) is 29.3 Å². The summed E-state index contributed by atoms with van der Waals surface area (Å²) in [6.07, 6.45) is 6.22. The monoisotopic (exact) mass is 270 g/mol. The number of hydrogen-bond donors (Lipinski definition) is 3. The van der Waals surface area contributed by atoms with Crippen LogP contribution in [0.4, 0.5) is 11.4 Å². The summed E-state index contributed by atoms with van der Waals surface area (Å²) in [5.74, 6) is 0.112. The topological polar surface area (TPSA) is 80.0 Å². The summed E-state index contributed by atoms with van der Waals surface area (Å²) >= 11 is 0. The van der Waals surface area contributed by atoms with E-state index < -0.39 is 0 Å². The first kappa shape index (κ1) is 12.7. The van der Waals surface area contributed by atoms with Crippen molar-refractivity contribution in [2.24, 2.45) is 0 Å². The fraction of sp³-hybridized carbons (Fsp3) is 0.333. The maximum absolute atomic E-state index is 11.6. The third-order valence-corrected chi connectivity index (χ3v) is 3.46. The maximum Gasteiger partial charge on any atom is 0.221 e. The largest absolute Gasteiger partial charge is 0.398 e. The van der Waals surface area contributed by atoms with E-state index in [9.17, 15) is 4.79 Å². The number of carbonyl (C=O) groups is 1. The van der Waals surface area contributed by atoms with Gasteiger partial charge in [0.25, 0.3) is 0 Å². The minimum atomic E-state index is 0.112. The summed E-state index contributed by atoms with van der Waals surface area (Å²) in [4.78, 5) is 15.7. The van der Waals surface area contributed by atoms with E-state index in [1.165, 1.54) is 0 Å². The van der Waals surface area contributed by atoms with Gasteiger partial charge in [0, 0.05) is 53.5 Å². The standard InChI is InChI=1S/C15H18N4O/c16-13-3-4-14(11-5-7-17-9-12(11)13)18-8-6-15(20)19-10-1-2-10/h3-5,7,9-10,18H,1-2,6,8,16H2,(H,19,20). The summed E-state index contributed by atoms with van der Waals surface area (Å²) in [5, 5.41) is 8.23. The molecule has 5 nitrogen and oxygen atoms in total. The Morgan fingerprint density at radius 3 is 2.95 bits per heavy atom. The number of nitrogens with two attached hydrogens (primary N) is 1. The summed E-state index contributed by atoms with van der Waals surface area (Å²) in [5.41, 5.74) is 7.63. The van der Waals surface area contributed by atoms with Crippen LogP contribution in [-0.2, 0) is 4.79 Å². The zero-order valence-electron chi connectivity index (χ0n) is 11.2. The lowest BCUT2D eigenvalue weighted by atomic mass is 10.1. The highest BCUT2D eigenvalue weighted by molar-refractivity contribution is 6.00. The lowest BCUT2D eigenvalue weighted by Gasteiger charge is -2.11. The molecule has 1 aromatic heterocycles. The summed E-state index contributed by atoms with van der Waals surface area (Å²) in [7, 11) is 0. The molecule has 0 saturated heterocycles. The molecule has 4 N–H and O–H groups in total. The first-order valence-electron chi connectivity index (χ1n) is 6.89. The highest BCUT2D eigenvalue weighted by atomic mass is 16.1. The molecule has 1 aliphatic carbocycles. The lowest BCUT2D eigenvalue weighted by Crippen LogP contribution is -2.27. The van der Waals surface area contributed by atoms with Crippen molar-refractivity contribution in [1.82, 2.24) is 10.3 Å². The molecule has 0 aliphatic heterocycles. The van der Waals surface area contributed by atoms with Crippen LogP contribution >= 0.6 is 0 Å². The Hall–Kier alpha value is -2.30. The molecule has 1 saturated carbocycles. The van der Waals surface area contributed by atoms with Gasteiger partial charge in [0.05, 0.1) is 0 Å². The second-order valence-corrected chi connectivity index (χ2v) is 5.14. The molecular weight excluding hydrogens is 252 g/mol. The van der Waals surface area contributed by atoms with Gasteiger partial charge in [-0.2, -0.15) is 0 Å². The van der Waals surface area contributed by atoms with Gasteiger partial charge in [-0.1, -0.05) is 0 Å². The Bertz CT molecular complexity index is 637. The molecule has 0 atom stereocenters. The zero-order valence-corrected chi connectivity index (χ0v) is 11.2. The van der Waals surface area contributed by atoms with Crippen LogP contribution in [-0.4, -0.2) is 23.5 Å². The fourth-order valence-corrected chi connectivity index (χ4v) is 2.20. The molecule has 1 fully saturated rings. The molecule has 2 aromatic rings. The molecule has 1 aliphatic rings. The van der Waals surface area contributed by atoms with E-state index in [1.807, 2.05) is 18.2 Å². The molecule has 3 rings (SSSR count).